The van der Waals surface area contributed by atoms with Crippen LogP contribution >= 0.6 is 0 Å². The van der Waals surface area contributed by atoms with Crippen LogP contribution in [0.25, 0.3) is 0 Å². The Labute approximate surface area is 175 Å². The average molecular weight is 447 g/mol. The predicted octanol–water partition coefficient (Wildman–Crippen LogP) is 0.936. The number of amides is 2. The standard InChI is InChI=1S/C18H27FN4O6S/c1-5-21(8-9-23(28-3)30(4,26)27)17-7-6-14(10-16(17)19)22-12-15(29-18(22)25)11-20-13(2)24/h6-7,10,15H,5,8-9,11-12H2,1-4H3,(H,20,24)/t15-/m0/s1. The van der Waals surface area contributed by atoms with Crippen molar-refractivity contribution < 1.29 is 32.0 Å². The van der Waals surface area contributed by atoms with E-state index in [4.69, 9.17) is 9.57 Å². The normalized spacial score (nSPS) is 16.7. The van der Waals surface area contributed by atoms with E-state index in [-0.39, 0.29) is 37.8 Å². The fraction of sp³-hybridized carbons (Fsp3) is 0.556. The highest BCUT2D eigenvalue weighted by atomic mass is 32.2. The summed E-state index contributed by atoms with van der Waals surface area (Å²) in [6, 6.07) is 4.35. The summed E-state index contributed by atoms with van der Waals surface area (Å²) in [6.45, 7) is 4.21. The number of anilines is 2. The van der Waals surface area contributed by atoms with Crippen molar-refractivity contribution in [2.45, 2.75) is 20.0 Å². The van der Waals surface area contributed by atoms with Crippen LogP contribution in [0.3, 0.4) is 0 Å². The lowest BCUT2D eigenvalue weighted by atomic mass is 10.2. The summed E-state index contributed by atoms with van der Waals surface area (Å²) in [5.74, 6) is -0.793. The first-order valence-corrected chi connectivity index (χ1v) is 11.2. The lowest BCUT2D eigenvalue weighted by molar-refractivity contribution is -0.119. The summed E-state index contributed by atoms with van der Waals surface area (Å²) in [4.78, 5) is 30.9. The Balaban J connectivity index is 2.10. The molecule has 0 bridgehead atoms. The minimum absolute atomic E-state index is 0.0215. The molecule has 1 fully saturated rings. The molecule has 0 aromatic heterocycles. The van der Waals surface area contributed by atoms with Crippen molar-refractivity contribution >= 4 is 33.4 Å². The number of carbonyl (C=O) groups excluding carboxylic acids is 2. The zero-order valence-electron chi connectivity index (χ0n) is 17.4. The Morgan fingerprint density at radius 2 is 2.10 bits per heavy atom. The third-order valence-electron chi connectivity index (χ3n) is 4.54. The second-order valence-electron chi connectivity index (χ2n) is 6.74. The van der Waals surface area contributed by atoms with Crippen LogP contribution in [0.2, 0.25) is 0 Å². The molecule has 0 radical (unpaired) electrons. The number of cyclic esters (lactones) is 1. The molecule has 0 unspecified atom stereocenters. The van der Waals surface area contributed by atoms with Crippen molar-refractivity contribution in [1.82, 2.24) is 9.79 Å². The van der Waals surface area contributed by atoms with Gasteiger partial charge in [-0.25, -0.2) is 17.6 Å². The number of likely N-dealkylation sites (N-methyl/N-ethyl adjacent to an activating group) is 1. The molecule has 10 nitrogen and oxygen atoms in total. The first-order chi connectivity index (χ1) is 14.1. The van der Waals surface area contributed by atoms with Crippen molar-refractivity contribution in [3.8, 4) is 0 Å². The summed E-state index contributed by atoms with van der Waals surface area (Å²) in [5, 5.41) is 2.58. The van der Waals surface area contributed by atoms with Gasteiger partial charge in [-0.15, -0.1) is 0 Å². The molecule has 168 valence electrons. The van der Waals surface area contributed by atoms with Crippen LogP contribution in [0, 0.1) is 5.82 Å². The highest BCUT2D eigenvalue weighted by Crippen LogP contribution is 2.28. The van der Waals surface area contributed by atoms with Crippen LogP contribution in [0.4, 0.5) is 20.6 Å². The van der Waals surface area contributed by atoms with Gasteiger partial charge in [-0.2, -0.15) is 0 Å². The first-order valence-electron chi connectivity index (χ1n) is 9.35. The third-order valence-corrected chi connectivity index (χ3v) is 5.62. The molecule has 30 heavy (non-hydrogen) atoms. The number of carbonyl (C=O) groups is 2. The second-order valence-corrected chi connectivity index (χ2v) is 8.61. The van der Waals surface area contributed by atoms with Gasteiger partial charge in [0.15, 0.2) is 0 Å². The SMILES string of the molecule is CCN(CCN(OC)S(C)(=O)=O)c1ccc(N2C[C@H](CNC(C)=O)OC2=O)cc1F. The predicted molar refractivity (Wildman–Crippen MR) is 109 cm³/mol. The molecule has 1 aromatic rings. The molecule has 0 aliphatic carbocycles. The highest BCUT2D eigenvalue weighted by Gasteiger charge is 2.33. The Morgan fingerprint density at radius 3 is 2.63 bits per heavy atom. The van der Waals surface area contributed by atoms with Crippen molar-refractivity contribution in [1.29, 1.82) is 0 Å². The van der Waals surface area contributed by atoms with E-state index in [9.17, 15) is 22.4 Å². The molecule has 0 spiro atoms. The maximum atomic E-state index is 14.8. The maximum Gasteiger partial charge on any atom is 0.414 e. The number of ether oxygens (including phenoxy) is 1. The highest BCUT2D eigenvalue weighted by molar-refractivity contribution is 7.88. The molecule has 1 aromatic carbocycles. The van der Waals surface area contributed by atoms with E-state index >= 15 is 0 Å². The monoisotopic (exact) mass is 446 g/mol. The fourth-order valence-electron chi connectivity index (χ4n) is 3.06. The quantitative estimate of drug-likeness (QED) is 0.533. The van der Waals surface area contributed by atoms with Gasteiger partial charge in [-0.1, -0.05) is 4.47 Å². The van der Waals surface area contributed by atoms with E-state index in [0.717, 1.165) is 10.7 Å². The molecule has 12 heteroatoms. The minimum atomic E-state index is -3.54. The van der Waals surface area contributed by atoms with E-state index in [1.165, 1.54) is 31.1 Å². The molecule has 1 atom stereocenters. The lowest BCUT2D eigenvalue weighted by Crippen LogP contribution is -2.38. The van der Waals surface area contributed by atoms with Crippen molar-refractivity contribution in [2.24, 2.45) is 0 Å². The van der Waals surface area contributed by atoms with Crippen molar-refractivity contribution in [3.63, 3.8) is 0 Å². The number of nitrogens with one attached hydrogen (secondary N) is 1. The number of sulfonamides is 1. The van der Waals surface area contributed by atoms with Gasteiger partial charge in [0.2, 0.25) is 15.9 Å². The molecular formula is C18H27FN4O6S. The number of hydrogen-bond acceptors (Lipinski definition) is 7. The molecule has 1 aliphatic heterocycles. The van der Waals surface area contributed by atoms with Crippen LogP contribution in [0.5, 0.6) is 0 Å². The van der Waals surface area contributed by atoms with Gasteiger partial charge in [0, 0.05) is 20.0 Å². The van der Waals surface area contributed by atoms with Gasteiger partial charge < -0.3 is 15.0 Å². The number of halogens is 1. The van der Waals surface area contributed by atoms with Gasteiger partial charge in [0.1, 0.15) is 11.9 Å². The fourth-order valence-corrected chi connectivity index (χ4v) is 3.74. The summed E-state index contributed by atoms with van der Waals surface area (Å²) < 4.78 is 44.1. The zero-order chi connectivity index (χ0) is 22.5. The topological polar surface area (TPSA) is 108 Å². The number of hydrogen-bond donors (Lipinski definition) is 1. The first kappa shape index (κ1) is 23.8. The Hall–Kier alpha value is -2.44. The lowest BCUT2D eigenvalue weighted by Gasteiger charge is -2.27. The van der Waals surface area contributed by atoms with E-state index in [0.29, 0.717) is 12.2 Å². The van der Waals surface area contributed by atoms with E-state index < -0.39 is 28.0 Å². The molecule has 0 saturated carbocycles. The van der Waals surface area contributed by atoms with Crippen LogP contribution in [0.15, 0.2) is 18.2 Å². The van der Waals surface area contributed by atoms with Crippen molar-refractivity contribution in [2.75, 3.05) is 55.9 Å². The molecule has 1 aliphatic rings. The van der Waals surface area contributed by atoms with E-state index in [2.05, 4.69) is 5.32 Å². The molecule has 1 saturated heterocycles. The summed E-state index contributed by atoms with van der Waals surface area (Å²) in [7, 11) is -2.29. The summed E-state index contributed by atoms with van der Waals surface area (Å²) >= 11 is 0. The van der Waals surface area contributed by atoms with Crippen LogP contribution in [0.1, 0.15) is 13.8 Å². The molecule has 2 amide bonds. The van der Waals surface area contributed by atoms with E-state index in [1.807, 2.05) is 6.92 Å². The van der Waals surface area contributed by atoms with E-state index in [1.54, 1.807) is 11.0 Å². The van der Waals surface area contributed by atoms with Crippen LogP contribution in [-0.2, 0) is 24.4 Å². The van der Waals surface area contributed by atoms with Gasteiger partial charge in [-0.05, 0) is 25.1 Å². The van der Waals surface area contributed by atoms with Gasteiger partial charge in [0.05, 0.1) is 44.4 Å². The third kappa shape index (κ3) is 6.03. The van der Waals surface area contributed by atoms with Gasteiger partial charge in [-0.3, -0.25) is 14.5 Å². The minimum Gasteiger partial charge on any atom is -0.442 e. The molecule has 1 N–H and O–H groups in total. The summed E-state index contributed by atoms with van der Waals surface area (Å²) in [6.07, 6.45) is -0.114. The molecular weight excluding hydrogens is 419 g/mol. The van der Waals surface area contributed by atoms with Crippen molar-refractivity contribution in [3.05, 3.63) is 24.0 Å². The number of rotatable bonds is 10. The van der Waals surface area contributed by atoms with Gasteiger partial charge in [0.25, 0.3) is 0 Å². The smallest absolute Gasteiger partial charge is 0.414 e. The number of benzene rings is 1. The Kier molecular flexibility index (Phi) is 7.98. The number of nitrogens with zero attached hydrogens (tertiary/aromatic N) is 3. The molecule has 1 heterocycles. The largest absolute Gasteiger partial charge is 0.442 e. The Bertz CT molecular complexity index is 881. The summed E-state index contributed by atoms with van der Waals surface area (Å²) in [5.41, 5.74) is 0.602. The second kappa shape index (κ2) is 10.0. The van der Waals surface area contributed by atoms with Crippen LogP contribution in [-0.4, -0.2) is 77.1 Å². The van der Waals surface area contributed by atoms with Crippen LogP contribution < -0.4 is 15.1 Å². The maximum absolute atomic E-state index is 14.8. The molecule has 2 rings (SSSR count). The zero-order valence-corrected chi connectivity index (χ0v) is 18.2. The number of hydroxylamine groups is 1. The van der Waals surface area contributed by atoms with Gasteiger partial charge >= 0.3 is 6.09 Å². The Morgan fingerprint density at radius 1 is 1.40 bits per heavy atom. The average Bonchev–Trinajstić information content (AvgIpc) is 3.04.